The van der Waals surface area contributed by atoms with E-state index in [2.05, 4.69) is 0 Å². The lowest BCUT2D eigenvalue weighted by Gasteiger charge is -2.36. The summed E-state index contributed by atoms with van der Waals surface area (Å²) in [5.74, 6) is -0.0301. The van der Waals surface area contributed by atoms with Gasteiger partial charge in [-0.05, 0) is 28.8 Å². The van der Waals surface area contributed by atoms with E-state index in [4.69, 9.17) is 14.2 Å². The average Bonchev–Trinajstić information content (AvgIpc) is 2.80. The first-order chi connectivity index (χ1) is 14.1. The van der Waals surface area contributed by atoms with Gasteiger partial charge in [0.25, 0.3) is 0 Å². The Morgan fingerprint density at radius 1 is 0.897 bits per heavy atom. The molecule has 0 fully saturated rings. The highest BCUT2D eigenvalue weighted by molar-refractivity contribution is 5.82. The number of aliphatic hydroxyl groups is 1. The number of benzene rings is 3. The molecule has 5 heteroatoms. The maximum atomic E-state index is 13.1. The Bertz CT molecular complexity index is 909. The number of ether oxygens (including phenoxy) is 3. The van der Waals surface area contributed by atoms with E-state index in [-0.39, 0.29) is 6.61 Å². The second kappa shape index (κ2) is 9.37. The van der Waals surface area contributed by atoms with Crippen molar-refractivity contribution in [2.45, 2.75) is 18.3 Å². The van der Waals surface area contributed by atoms with Crippen molar-refractivity contribution >= 4 is 5.97 Å². The van der Waals surface area contributed by atoms with Crippen molar-refractivity contribution in [3.05, 3.63) is 102 Å². The first kappa shape index (κ1) is 20.6. The average molecular weight is 392 g/mol. The summed E-state index contributed by atoms with van der Waals surface area (Å²) in [5, 5.41) is 11.4. The highest BCUT2D eigenvalue weighted by atomic mass is 16.6. The zero-order chi connectivity index (χ0) is 20.7. The lowest BCUT2D eigenvalue weighted by molar-refractivity contribution is -0.194. The molecule has 3 aromatic rings. The van der Waals surface area contributed by atoms with Gasteiger partial charge in [-0.15, -0.1) is 0 Å². The van der Waals surface area contributed by atoms with E-state index in [0.29, 0.717) is 16.9 Å². The van der Waals surface area contributed by atoms with Gasteiger partial charge in [-0.25, -0.2) is 4.79 Å². The maximum Gasteiger partial charge on any atom is 0.346 e. The van der Waals surface area contributed by atoms with Crippen LogP contribution in [0.5, 0.6) is 5.75 Å². The zero-order valence-corrected chi connectivity index (χ0v) is 16.4. The van der Waals surface area contributed by atoms with Gasteiger partial charge in [0.2, 0.25) is 5.60 Å². The lowest BCUT2D eigenvalue weighted by Crippen LogP contribution is -2.45. The Morgan fingerprint density at radius 2 is 1.48 bits per heavy atom. The van der Waals surface area contributed by atoms with E-state index in [1.807, 2.05) is 36.4 Å². The molecule has 5 nitrogen and oxygen atoms in total. The Kier molecular flexibility index (Phi) is 6.65. The molecule has 0 amide bonds. The molecule has 0 saturated heterocycles. The van der Waals surface area contributed by atoms with Gasteiger partial charge in [0.05, 0.1) is 20.8 Å². The molecule has 150 valence electrons. The molecular formula is C24H24O5. The van der Waals surface area contributed by atoms with Crippen molar-refractivity contribution in [3.8, 4) is 5.75 Å². The molecule has 0 spiro atoms. The van der Waals surface area contributed by atoms with Crippen molar-refractivity contribution in [1.29, 1.82) is 0 Å². The molecule has 3 aromatic carbocycles. The molecular weight excluding hydrogens is 368 g/mol. The number of rotatable bonds is 8. The highest BCUT2D eigenvalue weighted by Gasteiger charge is 2.50. The Morgan fingerprint density at radius 3 is 2.03 bits per heavy atom. The number of esters is 1. The van der Waals surface area contributed by atoms with E-state index in [9.17, 15) is 9.90 Å². The minimum absolute atomic E-state index is 0.123. The van der Waals surface area contributed by atoms with Crippen LogP contribution in [0.25, 0.3) is 0 Å². The molecule has 1 N–H and O–H groups in total. The highest BCUT2D eigenvalue weighted by Crippen LogP contribution is 2.41. The molecule has 0 heterocycles. The van der Waals surface area contributed by atoms with Crippen molar-refractivity contribution in [2.75, 3.05) is 14.2 Å². The van der Waals surface area contributed by atoms with Crippen LogP contribution in [0, 0.1) is 0 Å². The monoisotopic (exact) mass is 392 g/mol. The molecule has 2 atom stereocenters. The van der Waals surface area contributed by atoms with Crippen LogP contribution in [-0.4, -0.2) is 25.3 Å². The van der Waals surface area contributed by atoms with E-state index in [1.165, 1.54) is 7.11 Å². The van der Waals surface area contributed by atoms with Crippen LogP contribution < -0.4 is 4.74 Å². The van der Waals surface area contributed by atoms with Gasteiger partial charge in [-0.2, -0.15) is 0 Å². The number of carbonyl (C=O) groups is 1. The molecule has 0 radical (unpaired) electrons. The predicted molar refractivity (Wildman–Crippen MR) is 109 cm³/mol. The molecule has 0 aromatic heterocycles. The summed E-state index contributed by atoms with van der Waals surface area (Å²) in [6.45, 7) is 0.123. The molecule has 0 bridgehead atoms. The summed E-state index contributed by atoms with van der Waals surface area (Å²) in [4.78, 5) is 13.1. The summed E-state index contributed by atoms with van der Waals surface area (Å²) < 4.78 is 16.5. The van der Waals surface area contributed by atoms with Crippen LogP contribution in [0.4, 0.5) is 0 Å². The molecule has 0 aliphatic carbocycles. The van der Waals surface area contributed by atoms with Crippen LogP contribution in [0.2, 0.25) is 0 Å². The number of hydrogen-bond acceptors (Lipinski definition) is 5. The van der Waals surface area contributed by atoms with Crippen LogP contribution in [0.15, 0.2) is 84.9 Å². The fraction of sp³-hybridized carbons (Fsp3) is 0.208. The normalized spacial score (nSPS) is 13.9. The predicted octanol–water partition coefficient (Wildman–Crippen LogP) is 4.01. The third kappa shape index (κ3) is 4.31. The molecule has 0 aliphatic rings. The lowest BCUT2D eigenvalue weighted by atomic mass is 9.84. The number of aliphatic hydroxyl groups excluding tert-OH is 1. The van der Waals surface area contributed by atoms with Gasteiger partial charge in [-0.1, -0.05) is 72.8 Å². The smallest absolute Gasteiger partial charge is 0.346 e. The van der Waals surface area contributed by atoms with Gasteiger partial charge in [0.15, 0.2) is 0 Å². The summed E-state index contributed by atoms with van der Waals surface area (Å²) in [7, 11) is 2.85. The van der Waals surface area contributed by atoms with Crippen LogP contribution in [0.3, 0.4) is 0 Å². The fourth-order valence-corrected chi connectivity index (χ4v) is 3.24. The van der Waals surface area contributed by atoms with Crippen molar-refractivity contribution in [3.63, 3.8) is 0 Å². The molecule has 3 rings (SSSR count). The summed E-state index contributed by atoms with van der Waals surface area (Å²) >= 11 is 0. The third-order valence-corrected chi connectivity index (χ3v) is 4.82. The zero-order valence-electron chi connectivity index (χ0n) is 16.4. The second-order valence-electron chi connectivity index (χ2n) is 6.54. The van der Waals surface area contributed by atoms with Crippen LogP contribution in [-0.2, 0) is 26.5 Å². The van der Waals surface area contributed by atoms with E-state index in [1.54, 1.807) is 55.6 Å². The van der Waals surface area contributed by atoms with E-state index in [0.717, 1.165) is 5.56 Å². The standard InChI is InChI=1S/C24H24O5/c1-27-21-15-13-19(14-16-21)22(25)24(23(26)28-2,20-11-7-4-8-12-20)29-17-18-9-5-3-6-10-18/h3-16,22,25H,17H2,1-2H3. The molecule has 2 unspecified atom stereocenters. The third-order valence-electron chi connectivity index (χ3n) is 4.82. The minimum Gasteiger partial charge on any atom is -0.497 e. The maximum absolute atomic E-state index is 13.1. The Labute approximate surface area is 170 Å². The summed E-state index contributed by atoms with van der Waals surface area (Å²) in [5.41, 5.74) is 0.151. The van der Waals surface area contributed by atoms with Gasteiger partial charge < -0.3 is 19.3 Å². The first-order valence-corrected chi connectivity index (χ1v) is 9.25. The largest absolute Gasteiger partial charge is 0.497 e. The second-order valence-corrected chi connectivity index (χ2v) is 6.54. The van der Waals surface area contributed by atoms with Crippen molar-refractivity contribution < 1.29 is 24.1 Å². The minimum atomic E-state index is -1.74. The first-order valence-electron chi connectivity index (χ1n) is 9.25. The van der Waals surface area contributed by atoms with E-state index < -0.39 is 17.7 Å². The van der Waals surface area contributed by atoms with Crippen molar-refractivity contribution in [2.24, 2.45) is 0 Å². The quantitative estimate of drug-likeness (QED) is 0.587. The SMILES string of the molecule is COC(=O)C(OCc1ccccc1)(c1ccccc1)C(O)c1ccc(OC)cc1. The van der Waals surface area contributed by atoms with Gasteiger partial charge in [0, 0.05) is 0 Å². The molecule has 29 heavy (non-hydrogen) atoms. The van der Waals surface area contributed by atoms with Crippen LogP contribution >= 0.6 is 0 Å². The fourth-order valence-electron chi connectivity index (χ4n) is 3.24. The van der Waals surface area contributed by atoms with Crippen molar-refractivity contribution in [1.82, 2.24) is 0 Å². The Balaban J connectivity index is 2.07. The molecule has 0 saturated carbocycles. The van der Waals surface area contributed by atoms with Gasteiger partial charge >= 0.3 is 5.97 Å². The van der Waals surface area contributed by atoms with Gasteiger partial charge in [-0.3, -0.25) is 0 Å². The molecule has 0 aliphatic heterocycles. The van der Waals surface area contributed by atoms with E-state index >= 15 is 0 Å². The summed E-state index contributed by atoms with van der Waals surface area (Å²) in [6.07, 6.45) is -1.30. The summed E-state index contributed by atoms with van der Waals surface area (Å²) in [6, 6.07) is 25.2. The number of methoxy groups -OCH3 is 2. The Hall–Kier alpha value is -3.15. The number of carbonyl (C=O) groups excluding carboxylic acids is 1. The van der Waals surface area contributed by atoms with Crippen LogP contribution in [0.1, 0.15) is 22.8 Å². The topological polar surface area (TPSA) is 65.0 Å². The van der Waals surface area contributed by atoms with Gasteiger partial charge in [0.1, 0.15) is 11.9 Å². The number of hydrogen-bond donors (Lipinski definition) is 1.